The van der Waals surface area contributed by atoms with Gasteiger partial charge in [0.1, 0.15) is 0 Å². The Balaban J connectivity index is 1.82. The van der Waals surface area contributed by atoms with E-state index in [4.69, 9.17) is 19.4 Å². The van der Waals surface area contributed by atoms with Gasteiger partial charge in [0.15, 0.2) is 0 Å². The molecule has 3 rings (SSSR count). The zero-order valence-corrected chi connectivity index (χ0v) is 16.9. The summed E-state index contributed by atoms with van der Waals surface area (Å²) in [4.78, 5) is 12.0. The summed E-state index contributed by atoms with van der Waals surface area (Å²) >= 11 is 3.63. The second kappa shape index (κ2) is 8.72. The average Bonchev–Trinajstić information content (AvgIpc) is 2.93. The van der Waals surface area contributed by atoms with E-state index in [-0.39, 0.29) is 5.97 Å². The first-order valence-electron chi connectivity index (χ1n) is 8.19. The van der Waals surface area contributed by atoms with Crippen LogP contribution in [0.4, 0.5) is 0 Å². The molecule has 132 valence electrons. The molecule has 0 aliphatic carbocycles. The molecule has 0 aromatic heterocycles. The first-order valence-corrected chi connectivity index (χ1v) is 11.9. The second-order valence-electron chi connectivity index (χ2n) is 5.76. The standard InChI is InChI=1S/C20H20ClIO3/c1-15-9-11-16(12-10-15)24-17(6-4-5-13-21)14-22-19-8-3-2-7-18(19)20(23)25-22/h2-3,7-12,14H,4-6,13H2,1H3/b17-14-. The SMILES string of the molecule is Cc1ccc(O/C(=C\I2OC(=O)c3ccccc32)CCCCCl)cc1. The van der Waals surface area contributed by atoms with E-state index in [0.29, 0.717) is 11.4 Å². The first kappa shape index (κ1) is 18.3. The summed E-state index contributed by atoms with van der Waals surface area (Å²) in [6.07, 6.45) is 2.66. The molecule has 0 saturated carbocycles. The van der Waals surface area contributed by atoms with E-state index in [2.05, 4.69) is 4.08 Å². The molecule has 1 heterocycles. The number of ether oxygens (including phenoxy) is 1. The molecular formula is C20H20ClIO3. The maximum atomic E-state index is 12.0. The second-order valence-corrected chi connectivity index (χ2v) is 9.93. The number of alkyl halides is 1. The molecule has 25 heavy (non-hydrogen) atoms. The number of rotatable bonds is 7. The van der Waals surface area contributed by atoms with Crippen LogP contribution in [0, 0.1) is 10.5 Å². The average molecular weight is 471 g/mol. The van der Waals surface area contributed by atoms with Gasteiger partial charge in [-0.25, -0.2) is 0 Å². The summed E-state index contributed by atoms with van der Waals surface area (Å²) in [5.74, 6) is 2.09. The number of benzene rings is 2. The normalized spacial score (nSPS) is 15.0. The van der Waals surface area contributed by atoms with Crippen molar-refractivity contribution in [2.45, 2.75) is 26.2 Å². The predicted octanol–water partition coefficient (Wildman–Crippen LogP) is 6.09. The van der Waals surface area contributed by atoms with Crippen LogP contribution < -0.4 is 4.74 Å². The van der Waals surface area contributed by atoms with Gasteiger partial charge in [0.2, 0.25) is 0 Å². The molecule has 0 amide bonds. The monoisotopic (exact) mass is 470 g/mol. The third-order valence-electron chi connectivity index (χ3n) is 3.75. The van der Waals surface area contributed by atoms with Crippen LogP contribution in [-0.4, -0.2) is 11.8 Å². The van der Waals surface area contributed by atoms with E-state index in [1.165, 1.54) is 5.56 Å². The predicted molar refractivity (Wildman–Crippen MR) is 109 cm³/mol. The third kappa shape index (κ3) is 4.76. The number of unbranched alkanes of at least 4 members (excludes halogenated alkanes) is 1. The summed E-state index contributed by atoms with van der Waals surface area (Å²) in [7, 11) is 0. The molecule has 0 unspecified atom stereocenters. The van der Waals surface area contributed by atoms with Gasteiger partial charge in [-0.2, -0.15) is 0 Å². The van der Waals surface area contributed by atoms with E-state index < -0.39 is 20.2 Å². The fourth-order valence-electron chi connectivity index (χ4n) is 2.42. The van der Waals surface area contributed by atoms with Crippen molar-refractivity contribution in [3.05, 3.63) is 73.1 Å². The van der Waals surface area contributed by atoms with Gasteiger partial charge in [-0.3, -0.25) is 0 Å². The summed E-state index contributed by atoms with van der Waals surface area (Å²) in [6.45, 7) is 2.05. The van der Waals surface area contributed by atoms with Crippen LogP contribution in [-0.2, 0) is 3.07 Å². The van der Waals surface area contributed by atoms with Gasteiger partial charge >= 0.3 is 161 Å². The van der Waals surface area contributed by atoms with Crippen molar-refractivity contribution in [1.82, 2.24) is 0 Å². The van der Waals surface area contributed by atoms with Crippen molar-refractivity contribution in [3.8, 4) is 5.75 Å². The zero-order valence-electron chi connectivity index (χ0n) is 14.0. The molecule has 0 bridgehead atoms. The Kier molecular flexibility index (Phi) is 6.37. The van der Waals surface area contributed by atoms with Gasteiger partial charge in [-0.05, 0) is 0 Å². The fourth-order valence-corrected chi connectivity index (χ4v) is 6.58. The Morgan fingerprint density at radius 1 is 1.16 bits per heavy atom. The van der Waals surface area contributed by atoms with Gasteiger partial charge in [-0.15, -0.1) is 0 Å². The van der Waals surface area contributed by atoms with Crippen LogP contribution in [0.2, 0.25) is 0 Å². The third-order valence-corrected chi connectivity index (χ3v) is 8.23. The summed E-state index contributed by atoms with van der Waals surface area (Å²) < 4.78 is 14.9. The summed E-state index contributed by atoms with van der Waals surface area (Å²) in [6, 6.07) is 15.6. The van der Waals surface area contributed by atoms with Gasteiger partial charge < -0.3 is 0 Å². The minimum atomic E-state index is -2.17. The van der Waals surface area contributed by atoms with Crippen molar-refractivity contribution >= 4 is 37.8 Å². The molecule has 1 aliphatic rings. The van der Waals surface area contributed by atoms with Crippen molar-refractivity contribution in [1.29, 1.82) is 0 Å². The molecule has 0 saturated heterocycles. The Morgan fingerprint density at radius 3 is 2.68 bits per heavy atom. The topological polar surface area (TPSA) is 35.5 Å². The molecule has 2 aromatic carbocycles. The van der Waals surface area contributed by atoms with Crippen molar-refractivity contribution in [3.63, 3.8) is 0 Å². The van der Waals surface area contributed by atoms with E-state index >= 15 is 0 Å². The fraction of sp³-hybridized carbons (Fsp3) is 0.250. The zero-order chi connectivity index (χ0) is 17.6. The van der Waals surface area contributed by atoms with Crippen LogP contribution >= 0.6 is 31.8 Å². The van der Waals surface area contributed by atoms with Crippen LogP contribution in [0.5, 0.6) is 5.75 Å². The number of aryl methyl sites for hydroxylation is 1. The van der Waals surface area contributed by atoms with Gasteiger partial charge in [0.25, 0.3) is 0 Å². The Hall–Kier alpha value is -1.53. The van der Waals surface area contributed by atoms with Crippen molar-refractivity contribution < 1.29 is 12.6 Å². The molecule has 0 spiro atoms. The van der Waals surface area contributed by atoms with Crippen molar-refractivity contribution in [2.75, 3.05) is 5.88 Å². The number of hydrogen-bond donors (Lipinski definition) is 0. The molecule has 0 N–H and O–H groups in total. The van der Waals surface area contributed by atoms with E-state index in [9.17, 15) is 4.79 Å². The van der Waals surface area contributed by atoms with E-state index in [1.807, 2.05) is 55.5 Å². The van der Waals surface area contributed by atoms with E-state index in [0.717, 1.165) is 34.3 Å². The molecule has 3 nitrogen and oxygen atoms in total. The first-order chi connectivity index (χ1) is 12.2. The quantitative estimate of drug-likeness (QED) is 0.213. The molecule has 1 aliphatic heterocycles. The number of allylic oxidation sites excluding steroid dienone is 1. The van der Waals surface area contributed by atoms with Crippen LogP contribution in [0.15, 0.2) is 58.4 Å². The van der Waals surface area contributed by atoms with Crippen LogP contribution in [0.3, 0.4) is 0 Å². The van der Waals surface area contributed by atoms with E-state index in [1.54, 1.807) is 0 Å². The summed E-state index contributed by atoms with van der Waals surface area (Å²) in [5, 5.41) is 0. The Bertz CT molecular complexity index is 771. The molecule has 0 fully saturated rings. The Labute approximate surface area is 160 Å². The molecule has 0 radical (unpaired) electrons. The molecule has 5 heteroatoms. The Morgan fingerprint density at radius 2 is 1.92 bits per heavy atom. The molecular weight excluding hydrogens is 451 g/mol. The van der Waals surface area contributed by atoms with Crippen LogP contribution in [0.25, 0.3) is 0 Å². The number of halogens is 2. The minimum absolute atomic E-state index is 0.215. The van der Waals surface area contributed by atoms with Gasteiger partial charge in [0.05, 0.1) is 0 Å². The number of carbonyl (C=O) groups excluding carboxylic acids is 1. The number of carbonyl (C=O) groups is 1. The summed E-state index contributed by atoms with van der Waals surface area (Å²) in [5.41, 5.74) is 1.88. The van der Waals surface area contributed by atoms with Gasteiger partial charge in [0, 0.05) is 0 Å². The number of fused-ring (bicyclic) bond motifs is 1. The molecule has 2 aromatic rings. The maximum absolute atomic E-state index is 12.0. The van der Waals surface area contributed by atoms with Crippen LogP contribution in [0.1, 0.15) is 35.2 Å². The van der Waals surface area contributed by atoms with Crippen molar-refractivity contribution in [2.24, 2.45) is 0 Å². The van der Waals surface area contributed by atoms with Gasteiger partial charge in [-0.1, -0.05) is 0 Å². The molecule has 0 atom stereocenters. The number of hydrogen-bond acceptors (Lipinski definition) is 3.